The number of aliphatic imine (C=N–C) groups is 1. The summed E-state index contributed by atoms with van der Waals surface area (Å²) in [5, 5.41) is 0. The third kappa shape index (κ3) is 2.83. The number of nitrogens with two attached hydrogens (primary N) is 1. The van der Waals surface area contributed by atoms with Crippen LogP contribution in [0.5, 0.6) is 0 Å². The van der Waals surface area contributed by atoms with Crippen LogP contribution >= 0.6 is 15.9 Å². The molecule has 0 atom stereocenters. The zero-order valence-electron chi connectivity index (χ0n) is 11.1. The molecule has 0 amide bonds. The van der Waals surface area contributed by atoms with Gasteiger partial charge in [0.2, 0.25) is 0 Å². The van der Waals surface area contributed by atoms with Crippen molar-refractivity contribution in [2.75, 3.05) is 12.3 Å². The van der Waals surface area contributed by atoms with Crippen molar-refractivity contribution in [3.63, 3.8) is 0 Å². The quantitative estimate of drug-likeness (QED) is 0.772. The summed E-state index contributed by atoms with van der Waals surface area (Å²) < 4.78 is 1.02. The maximum Gasteiger partial charge on any atom is 0.0433 e. The van der Waals surface area contributed by atoms with E-state index in [2.05, 4.69) is 53.8 Å². The topological polar surface area (TPSA) is 38.4 Å². The number of hydrogen-bond donors (Lipinski definition) is 1. The molecular formula is C15H19BrN2. The van der Waals surface area contributed by atoms with Crippen molar-refractivity contribution in [3.8, 4) is 0 Å². The lowest BCUT2D eigenvalue weighted by Crippen LogP contribution is -2.21. The molecule has 18 heavy (non-hydrogen) atoms. The predicted octanol–water partition coefficient (Wildman–Crippen LogP) is 4.31. The van der Waals surface area contributed by atoms with Gasteiger partial charge in [0, 0.05) is 33.4 Å². The second-order valence-corrected chi connectivity index (χ2v) is 6.58. The molecule has 0 saturated carbocycles. The van der Waals surface area contributed by atoms with Crippen LogP contribution in [0.2, 0.25) is 0 Å². The van der Waals surface area contributed by atoms with Gasteiger partial charge < -0.3 is 5.73 Å². The number of anilines is 1. The maximum absolute atomic E-state index is 6.10. The zero-order valence-corrected chi connectivity index (χ0v) is 12.7. The fourth-order valence-corrected chi connectivity index (χ4v) is 2.45. The molecule has 2 rings (SSSR count). The number of halogens is 1. The Labute approximate surface area is 117 Å². The molecule has 0 aromatic heterocycles. The van der Waals surface area contributed by atoms with E-state index in [1.807, 2.05) is 12.1 Å². The average molecular weight is 307 g/mol. The summed E-state index contributed by atoms with van der Waals surface area (Å²) in [6.07, 6.45) is 3.16. The van der Waals surface area contributed by atoms with Crippen molar-refractivity contribution < 1.29 is 0 Å². The third-order valence-electron chi connectivity index (χ3n) is 3.10. The van der Waals surface area contributed by atoms with Crippen LogP contribution in [0.3, 0.4) is 0 Å². The van der Waals surface area contributed by atoms with Crippen LogP contribution in [0.25, 0.3) is 5.57 Å². The maximum atomic E-state index is 6.10. The van der Waals surface area contributed by atoms with Crippen molar-refractivity contribution in [1.29, 1.82) is 0 Å². The molecule has 3 heteroatoms. The van der Waals surface area contributed by atoms with Gasteiger partial charge >= 0.3 is 0 Å². The van der Waals surface area contributed by atoms with E-state index < -0.39 is 0 Å². The summed E-state index contributed by atoms with van der Waals surface area (Å²) in [5.74, 6) is 0. The molecule has 1 aromatic carbocycles. The standard InChI is InChI=1S/C15H19BrN2/c1-15(2,3)14-8-10(6-7-18-14)12-5-4-11(16)9-13(12)17/h4-5,8-9H,6-7,17H2,1-3H3. The number of allylic oxidation sites excluding steroid dienone is 1. The van der Waals surface area contributed by atoms with Crippen molar-refractivity contribution in [2.24, 2.45) is 10.4 Å². The third-order valence-corrected chi connectivity index (χ3v) is 3.60. The lowest BCUT2D eigenvalue weighted by molar-refractivity contribution is 0.589. The minimum absolute atomic E-state index is 0.0931. The lowest BCUT2D eigenvalue weighted by Gasteiger charge is -2.24. The normalized spacial score (nSPS) is 16.2. The summed E-state index contributed by atoms with van der Waals surface area (Å²) in [6, 6.07) is 6.07. The van der Waals surface area contributed by atoms with Gasteiger partial charge in [0.25, 0.3) is 0 Å². The SMILES string of the molecule is CC(C)(C)C1=NCCC(c2ccc(Br)cc2N)=C1. The highest BCUT2D eigenvalue weighted by molar-refractivity contribution is 9.10. The first-order valence-electron chi connectivity index (χ1n) is 6.19. The molecule has 0 unspecified atom stereocenters. The summed E-state index contributed by atoms with van der Waals surface area (Å²) in [5.41, 5.74) is 10.6. The fraction of sp³-hybridized carbons (Fsp3) is 0.400. The van der Waals surface area contributed by atoms with Crippen molar-refractivity contribution in [3.05, 3.63) is 34.3 Å². The Morgan fingerprint density at radius 1 is 1.28 bits per heavy atom. The van der Waals surface area contributed by atoms with E-state index in [1.54, 1.807) is 0 Å². The van der Waals surface area contributed by atoms with E-state index in [0.717, 1.165) is 34.4 Å². The molecule has 0 saturated heterocycles. The van der Waals surface area contributed by atoms with Crippen LogP contribution in [0.15, 0.2) is 33.7 Å². The lowest BCUT2D eigenvalue weighted by atomic mass is 9.85. The summed E-state index contributed by atoms with van der Waals surface area (Å²) in [4.78, 5) is 4.61. The average Bonchev–Trinajstić information content (AvgIpc) is 2.28. The van der Waals surface area contributed by atoms with E-state index in [9.17, 15) is 0 Å². The van der Waals surface area contributed by atoms with Gasteiger partial charge in [-0.2, -0.15) is 0 Å². The second-order valence-electron chi connectivity index (χ2n) is 5.67. The van der Waals surface area contributed by atoms with Gasteiger partial charge in [-0.05, 0) is 30.2 Å². The van der Waals surface area contributed by atoms with Gasteiger partial charge in [0.1, 0.15) is 0 Å². The summed E-state index contributed by atoms with van der Waals surface area (Å²) in [7, 11) is 0. The number of rotatable bonds is 1. The van der Waals surface area contributed by atoms with Gasteiger partial charge in [0.05, 0.1) is 0 Å². The number of benzene rings is 1. The van der Waals surface area contributed by atoms with E-state index in [4.69, 9.17) is 5.73 Å². The van der Waals surface area contributed by atoms with Crippen LogP contribution in [0.1, 0.15) is 32.8 Å². The minimum atomic E-state index is 0.0931. The van der Waals surface area contributed by atoms with Crippen molar-refractivity contribution >= 4 is 32.9 Å². The first kappa shape index (κ1) is 13.3. The molecule has 2 nitrogen and oxygen atoms in total. The molecular weight excluding hydrogens is 288 g/mol. The molecule has 1 aliphatic rings. The Morgan fingerprint density at radius 3 is 2.61 bits per heavy atom. The highest BCUT2D eigenvalue weighted by atomic mass is 79.9. The van der Waals surface area contributed by atoms with E-state index in [-0.39, 0.29) is 5.41 Å². The number of nitrogens with zero attached hydrogens (tertiary/aromatic N) is 1. The first-order chi connectivity index (χ1) is 8.38. The van der Waals surface area contributed by atoms with Gasteiger partial charge in [0.15, 0.2) is 0 Å². The Morgan fingerprint density at radius 2 is 2.00 bits per heavy atom. The van der Waals surface area contributed by atoms with Crippen LogP contribution in [-0.4, -0.2) is 12.3 Å². The smallest absolute Gasteiger partial charge is 0.0433 e. The summed E-state index contributed by atoms with van der Waals surface area (Å²) in [6.45, 7) is 7.43. The highest BCUT2D eigenvalue weighted by Crippen LogP contribution is 2.31. The molecule has 96 valence electrons. The van der Waals surface area contributed by atoms with Gasteiger partial charge in [-0.1, -0.05) is 42.8 Å². The monoisotopic (exact) mass is 306 g/mol. The van der Waals surface area contributed by atoms with Crippen LogP contribution in [0.4, 0.5) is 5.69 Å². The first-order valence-corrected chi connectivity index (χ1v) is 6.98. The Kier molecular flexibility index (Phi) is 3.62. The van der Waals surface area contributed by atoms with Gasteiger partial charge in [-0.15, -0.1) is 0 Å². The molecule has 1 heterocycles. The predicted molar refractivity (Wildman–Crippen MR) is 82.9 cm³/mol. The second kappa shape index (κ2) is 4.88. The van der Waals surface area contributed by atoms with Crippen LogP contribution < -0.4 is 5.73 Å². The number of dihydropyridines is 1. The minimum Gasteiger partial charge on any atom is -0.398 e. The van der Waals surface area contributed by atoms with Crippen molar-refractivity contribution in [1.82, 2.24) is 0 Å². The van der Waals surface area contributed by atoms with E-state index >= 15 is 0 Å². The molecule has 0 fully saturated rings. The number of hydrogen-bond acceptors (Lipinski definition) is 2. The molecule has 0 aliphatic carbocycles. The largest absolute Gasteiger partial charge is 0.398 e. The molecule has 0 radical (unpaired) electrons. The van der Waals surface area contributed by atoms with Gasteiger partial charge in [-0.25, -0.2) is 0 Å². The Bertz CT molecular complexity index is 522. The van der Waals surface area contributed by atoms with Gasteiger partial charge in [-0.3, -0.25) is 4.99 Å². The van der Waals surface area contributed by atoms with Crippen LogP contribution in [-0.2, 0) is 0 Å². The number of nitrogen functional groups attached to an aromatic ring is 1. The molecule has 0 spiro atoms. The molecule has 2 N–H and O–H groups in total. The van der Waals surface area contributed by atoms with Crippen molar-refractivity contribution in [2.45, 2.75) is 27.2 Å². The molecule has 0 bridgehead atoms. The Hall–Kier alpha value is -1.09. The van der Waals surface area contributed by atoms with E-state index in [1.165, 1.54) is 5.57 Å². The molecule has 1 aromatic rings. The zero-order chi connectivity index (χ0) is 13.3. The molecule has 1 aliphatic heterocycles. The fourth-order valence-electron chi connectivity index (χ4n) is 2.07. The van der Waals surface area contributed by atoms with Crippen LogP contribution in [0, 0.1) is 5.41 Å². The summed E-state index contributed by atoms with van der Waals surface area (Å²) >= 11 is 3.44. The Balaban J connectivity index is 2.40. The van der Waals surface area contributed by atoms with E-state index in [0.29, 0.717) is 0 Å². The highest BCUT2D eigenvalue weighted by Gasteiger charge is 2.20.